The van der Waals surface area contributed by atoms with Gasteiger partial charge in [0.05, 0.1) is 23.3 Å². The highest BCUT2D eigenvalue weighted by molar-refractivity contribution is 6.51. The number of imidazole rings is 1. The van der Waals surface area contributed by atoms with Gasteiger partial charge in [-0.3, -0.25) is 10.8 Å². The Morgan fingerprint density at radius 3 is 2.73 bits per heavy atom. The molecular formula is C16H14FN5. The first kappa shape index (κ1) is 13.1. The summed E-state index contributed by atoms with van der Waals surface area (Å²) >= 11 is 0. The molecule has 0 radical (unpaired) electrons. The number of allylic oxidation sites excluding steroid dienone is 4. The number of aryl methyl sites for hydroxylation is 1. The van der Waals surface area contributed by atoms with E-state index >= 15 is 0 Å². The number of rotatable bonds is 2. The molecule has 2 aromatic rings. The number of halogens is 1. The highest BCUT2D eigenvalue weighted by Crippen LogP contribution is 2.42. The van der Waals surface area contributed by atoms with Gasteiger partial charge in [-0.2, -0.15) is 5.10 Å². The van der Waals surface area contributed by atoms with Crippen molar-refractivity contribution in [3.8, 4) is 0 Å². The van der Waals surface area contributed by atoms with Crippen LogP contribution in [0.15, 0.2) is 30.2 Å². The maximum atomic E-state index is 13.8. The first-order chi connectivity index (χ1) is 10.5. The van der Waals surface area contributed by atoms with Gasteiger partial charge >= 0.3 is 0 Å². The predicted octanol–water partition coefficient (Wildman–Crippen LogP) is 3.21. The monoisotopic (exact) mass is 295 g/mol. The van der Waals surface area contributed by atoms with E-state index in [4.69, 9.17) is 10.8 Å². The molecular weight excluding hydrogens is 281 g/mol. The zero-order chi connectivity index (χ0) is 15.4. The molecule has 0 unspecified atom stereocenters. The molecule has 2 aliphatic carbocycles. The fourth-order valence-electron chi connectivity index (χ4n) is 2.71. The van der Waals surface area contributed by atoms with Crippen LogP contribution in [0.1, 0.15) is 35.7 Å². The van der Waals surface area contributed by atoms with Crippen LogP contribution < -0.4 is 0 Å². The number of fused-ring (bicyclic) bond motifs is 1. The molecule has 1 saturated carbocycles. The molecule has 5 nitrogen and oxygen atoms in total. The number of nitrogens with one attached hydrogen (secondary N) is 2. The normalized spacial score (nSPS) is 18.6. The van der Waals surface area contributed by atoms with Gasteiger partial charge in [-0.15, -0.1) is 0 Å². The largest absolute Gasteiger partial charge is 0.299 e. The summed E-state index contributed by atoms with van der Waals surface area (Å²) in [7, 11) is 0. The molecule has 0 atom stereocenters. The van der Waals surface area contributed by atoms with Gasteiger partial charge in [-0.05, 0) is 43.9 Å². The lowest BCUT2D eigenvalue weighted by atomic mass is 9.99. The lowest BCUT2D eigenvalue weighted by Crippen LogP contribution is -2.14. The molecule has 1 fully saturated rings. The maximum Gasteiger partial charge on any atom is 0.157 e. The molecule has 2 aliphatic rings. The van der Waals surface area contributed by atoms with E-state index in [1.54, 1.807) is 4.52 Å². The van der Waals surface area contributed by atoms with E-state index in [1.165, 1.54) is 12.2 Å². The lowest BCUT2D eigenvalue weighted by Gasteiger charge is -2.12. The fourth-order valence-corrected chi connectivity index (χ4v) is 2.71. The molecule has 0 amide bonds. The van der Waals surface area contributed by atoms with Crippen LogP contribution in [-0.2, 0) is 0 Å². The zero-order valence-corrected chi connectivity index (χ0v) is 12.0. The molecule has 110 valence electrons. The standard InChI is InChI=1S/C16H14FN5/c1-8-7-22-16(20-8)11(9-2-3-9)6-14(21-22)10-4-12(17)15(19)13(18)5-10/h4-7,9,18-19H,2-3H2,1H3. The van der Waals surface area contributed by atoms with Crippen LogP contribution in [-0.4, -0.2) is 26.0 Å². The number of hydrogen-bond acceptors (Lipinski definition) is 4. The van der Waals surface area contributed by atoms with Crippen molar-refractivity contribution < 1.29 is 4.39 Å². The summed E-state index contributed by atoms with van der Waals surface area (Å²) in [5.74, 6) is -0.207. The van der Waals surface area contributed by atoms with E-state index in [2.05, 4.69) is 10.1 Å². The molecule has 2 N–H and O–H groups in total. The van der Waals surface area contributed by atoms with E-state index in [0.717, 1.165) is 29.7 Å². The van der Waals surface area contributed by atoms with E-state index in [-0.39, 0.29) is 11.4 Å². The first-order valence-corrected chi connectivity index (χ1v) is 7.17. The summed E-state index contributed by atoms with van der Waals surface area (Å²) in [6.07, 6.45) is 6.88. The number of hydrogen-bond donors (Lipinski definition) is 2. The molecule has 22 heavy (non-hydrogen) atoms. The average molecular weight is 295 g/mol. The Morgan fingerprint density at radius 2 is 2.05 bits per heavy atom. The third-order valence-electron chi connectivity index (χ3n) is 3.98. The Labute approximate surface area is 126 Å². The Kier molecular flexibility index (Phi) is 2.63. The van der Waals surface area contributed by atoms with Crippen LogP contribution in [0, 0.1) is 17.7 Å². The zero-order valence-electron chi connectivity index (χ0n) is 12.0. The van der Waals surface area contributed by atoms with E-state index in [0.29, 0.717) is 17.2 Å². The molecule has 6 heteroatoms. The van der Waals surface area contributed by atoms with Crippen molar-refractivity contribution >= 4 is 22.6 Å². The Hall–Kier alpha value is -2.63. The number of aromatic nitrogens is 3. The fraction of sp³-hybridized carbons (Fsp3) is 0.250. The van der Waals surface area contributed by atoms with Crippen LogP contribution in [0.25, 0.3) is 11.2 Å². The number of nitrogens with zero attached hydrogens (tertiary/aromatic N) is 3. The van der Waals surface area contributed by atoms with Crippen LogP contribution in [0.2, 0.25) is 0 Å². The van der Waals surface area contributed by atoms with E-state index < -0.39 is 5.83 Å². The predicted molar refractivity (Wildman–Crippen MR) is 82.3 cm³/mol. The van der Waals surface area contributed by atoms with Crippen molar-refractivity contribution in [3.63, 3.8) is 0 Å². The van der Waals surface area contributed by atoms with Gasteiger partial charge in [0.2, 0.25) is 0 Å². The van der Waals surface area contributed by atoms with Crippen molar-refractivity contribution in [1.29, 1.82) is 10.8 Å². The summed E-state index contributed by atoms with van der Waals surface area (Å²) in [6.45, 7) is 1.92. The Morgan fingerprint density at radius 1 is 1.27 bits per heavy atom. The highest BCUT2D eigenvalue weighted by atomic mass is 19.1. The summed E-state index contributed by atoms with van der Waals surface area (Å²) in [5, 5.41) is 19.6. The van der Waals surface area contributed by atoms with Crippen LogP contribution in [0.4, 0.5) is 4.39 Å². The Bertz CT molecular complexity index is 899. The van der Waals surface area contributed by atoms with Gasteiger partial charge < -0.3 is 0 Å². The molecule has 0 saturated heterocycles. The van der Waals surface area contributed by atoms with Crippen molar-refractivity contribution in [2.45, 2.75) is 25.7 Å². The van der Waals surface area contributed by atoms with Crippen molar-refractivity contribution in [2.24, 2.45) is 0 Å². The molecule has 0 bridgehead atoms. The Balaban J connectivity index is 1.91. The van der Waals surface area contributed by atoms with Crippen molar-refractivity contribution in [3.05, 3.63) is 47.2 Å². The minimum absolute atomic E-state index is 0.133. The molecule has 4 rings (SSSR count). The summed E-state index contributed by atoms with van der Waals surface area (Å²) < 4.78 is 15.5. The van der Waals surface area contributed by atoms with E-state index in [9.17, 15) is 4.39 Å². The second kappa shape index (κ2) is 4.43. The van der Waals surface area contributed by atoms with Crippen LogP contribution in [0.3, 0.4) is 0 Å². The average Bonchev–Trinajstić information content (AvgIpc) is 3.24. The molecule has 2 aromatic heterocycles. The maximum absolute atomic E-state index is 13.8. The summed E-state index contributed by atoms with van der Waals surface area (Å²) in [5.41, 5.74) is 3.48. The summed E-state index contributed by atoms with van der Waals surface area (Å²) in [6, 6.07) is 1.94. The summed E-state index contributed by atoms with van der Waals surface area (Å²) in [4.78, 5) is 4.52. The minimum Gasteiger partial charge on any atom is -0.299 e. The second-order valence-electron chi connectivity index (χ2n) is 5.79. The van der Waals surface area contributed by atoms with Gasteiger partial charge in [0, 0.05) is 11.1 Å². The van der Waals surface area contributed by atoms with Crippen molar-refractivity contribution in [1.82, 2.24) is 14.6 Å². The third-order valence-corrected chi connectivity index (χ3v) is 3.98. The third kappa shape index (κ3) is 1.99. The van der Waals surface area contributed by atoms with Crippen LogP contribution >= 0.6 is 0 Å². The molecule has 0 aromatic carbocycles. The van der Waals surface area contributed by atoms with Crippen LogP contribution in [0.5, 0.6) is 0 Å². The molecule has 2 heterocycles. The molecule has 0 spiro atoms. The lowest BCUT2D eigenvalue weighted by molar-refractivity contribution is 0.682. The first-order valence-electron chi connectivity index (χ1n) is 7.17. The molecule has 0 aliphatic heterocycles. The highest BCUT2D eigenvalue weighted by Gasteiger charge is 2.28. The van der Waals surface area contributed by atoms with Gasteiger partial charge in [0.1, 0.15) is 5.71 Å². The van der Waals surface area contributed by atoms with Gasteiger partial charge in [0.15, 0.2) is 11.5 Å². The quantitative estimate of drug-likeness (QED) is 0.834. The van der Waals surface area contributed by atoms with Gasteiger partial charge in [-0.1, -0.05) is 0 Å². The van der Waals surface area contributed by atoms with Gasteiger partial charge in [0.25, 0.3) is 0 Å². The van der Waals surface area contributed by atoms with Gasteiger partial charge in [-0.25, -0.2) is 13.9 Å². The minimum atomic E-state index is -0.695. The topological polar surface area (TPSA) is 77.9 Å². The van der Waals surface area contributed by atoms with Crippen molar-refractivity contribution in [2.75, 3.05) is 0 Å². The van der Waals surface area contributed by atoms with E-state index in [1.807, 2.05) is 19.2 Å². The smallest absolute Gasteiger partial charge is 0.157 e. The second-order valence-corrected chi connectivity index (χ2v) is 5.79. The SMILES string of the molecule is Cc1cn2nc(C3=CC(=N)C(=N)C(F)=C3)cc(C3CC3)c2n1.